The molecule has 0 unspecified atom stereocenters. The zero-order chi connectivity index (χ0) is 19.9. The largest absolute Gasteiger partial charge is 1.00 e. The molecule has 2 fully saturated rings. The summed E-state index contributed by atoms with van der Waals surface area (Å²) in [4.78, 5) is 21.4. The fourth-order valence-corrected chi connectivity index (χ4v) is 4.03. The SMILES string of the molecule is BrCc1ccsc1.CC(=O)C1(O)CC1.CC(=O)C1(OCc2ccsc2)CC1.[H-].[Na+]. The maximum Gasteiger partial charge on any atom is 1.00 e. The fraction of sp³-hybridized carbons (Fsp3) is 0.500. The first kappa shape index (κ1) is 26.2. The van der Waals surface area contributed by atoms with E-state index in [4.69, 9.17) is 9.84 Å². The first-order chi connectivity index (χ1) is 12.8. The van der Waals surface area contributed by atoms with E-state index in [-0.39, 0.29) is 42.6 Å². The minimum Gasteiger partial charge on any atom is -1.00 e. The molecular formula is C20H26BrNaO4S2. The van der Waals surface area contributed by atoms with E-state index < -0.39 is 11.2 Å². The van der Waals surface area contributed by atoms with Gasteiger partial charge in [0.05, 0.1) is 6.61 Å². The van der Waals surface area contributed by atoms with Gasteiger partial charge in [-0.25, -0.2) is 0 Å². The Labute approximate surface area is 206 Å². The van der Waals surface area contributed by atoms with Gasteiger partial charge >= 0.3 is 29.6 Å². The topological polar surface area (TPSA) is 63.6 Å². The molecule has 4 rings (SSSR count). The van der Waals surface area contributed by atoms with Crippen LogP contribution in [0.15, 0.2) is 33.7 Å². The third kappa shape index (κ3) is 8.48. The van der Waals surface area contributed by atoms with Gasteiger partial charge in [-0.15, -0.1) is 0 Å². The van der Waals surface area contributed by atoms with Crippen LogP contribution in [0.4, 0.5) is 0 Å². The van der Waals surface area contributed by atoms with Crippen molar-refractivity contribution in [3.63, 3.8) is 0 Å². The Morgan fingerprint density at radius 3 is 1.86 bits per heavy atom. The normalized spacial score (nSPS) is 17.0. The Morgan fingerprint density at radius 1 is 1.07 bits per heavy atom. The standard InChI is InChI=1S/C10H12O2S.C5H5BrS.C5H8O2.Na.H/c1-8(11)10(3-4-10)12-6-9-2-5-13-7-9;6-3-5-1-2-7-4-5;1-4(6)5(7)2-3-5;;/h2,5,7H,3-4,6H2,1H3;1-2,4H,3H2;7H,2-3H2,1H3;;/q;;;+1;-1. The average Bonchev–Trinajstić information content (AvgIpc) is 3.45. The Bertz CT molecular complexity index is 730. The van der Waals surface area contributed by atoms with E-state index in [1.165, 1.54) is 12.5 Å². The molecule has 8 heteroatoms. The number of alkyl halides is 1. The van der Waals surface area contributed by atoms with Crippen molar-refractivity contribution < 1.29 is 50.4 Å². The van der Waals surface area contributed by atoms with Crippen LogP contribution in [0.3, 0.4) is 0 Å². The summed E-state index contributed by atoms with van der Waals surface area (Å²) < 4.78 is 5.60. The third-order valence-electron chi connectivity index (χ3n) is 4.55. The molecule has 0 amide bonds. The molecule has 2 heterocycles. The van der Waals surface area contributed by atoms with Gasteiger partial charge < -0.3 is 11.3 Å². The molecule has 0 bridgehead atoms. The number of Topliss-reactive ketones (excluding diaryl/α,β-unsaturated/α-hetero) is 2. The van der Waals surface area contributed by atoms with Crippen LogP contribution in [-0.4, -0.2) is 27.9 Å². The molecule has 2 aliphatic rings. The van der Waals surface area contributed by atoms with Crippen LogP contribution in [0.5, 0.6) is 0 Å². The van der Waals surface area contributed by atoms with Gasteiger partial charge in [-0.1, -0.05) is 15.9 Å². The number of ketones is 2. The van der Waals surface area contributed by atoms with Gasteiger partial charge in [0.15, 0.2) is 11.6 Å². The molecule has 4 nitrogen and oxygen atoms in total. The predicted octanol–water partition coefficient (Wildman–Crippen LogP) is 2.25. The van der Waals surface area contributed by atoms with E-state index in [9.17, 15) is 9.59 Å². The van der Waals surface area contributed by atoms with E-state index in [0.29, 0.717) is 19.4 Å². The van der Waals surface area contributed by atoms with Gasteiger partial charge in [0.1, 0.15) is 11.2 Å². The molecule has 28 heavy (non-hydrogen) atoms. The number of thiophene rings is 2. The summed E-state index contributed by atoms with van der Waals surface area (Å²) in [5.74, 6) is 0.0789. The fourth-order valence-electron chi connectivity index (χ4n) is 2.15. The number of hydrogen-bond acceptors (Lipinski definition) is 6. The first-order valence-corrected chi connectivity index (χ1v) is 11.8. The van der Waals surface area contributed by atoms with Crippen LogP contribution in [0, 0.1) is 0 Å². The van der Waals surface area contributed by atoms with Gasteiger partial charge in [0.25, 0.3) is 0 Å². The van der Waals surface area contributed by atoms with E-state index in [2.05, 4.69) is 38.1 Å². The van der Waals surface area contributed by atoms with Crippen molar-refractivity contribution in [1.82, 2.24) is 0 Å². The molecule has 0 aromatic carbocycles. The van der Waals surface area contributed by atoms with Crippen molar-refractivity contribution in [3.05, 3.63) is 44.8 Å². The zero-order valence-corrected chi connectivity index (χ0v) is 21.8. The maximum atomic E-state index is 11.2. The van der Waals surface area contributed by atoms with Gasteiger partial charge in [-0.3, -0.25) is 9.59 Å². The summed E-state index contributed by atoms with van der Waals surface area (Å²) in [6.45, 7) is 3.61. The minimum absolute atomic E-state index is 0. The van der Waals surface area contributed by atoms with E-state index >= 15 is 0 Å². The second-order valence-corrected chi connectivity index (χ2v) is 8.94. The smallest absolute Gasteiger partial charge is 1.00 e. The Morgan fingerprint density at radius 2 is 1.61 bits per heavy atom. The number of halogens is 1. The molecular weight excluding hydrogens is 471 g/mol. The molecule has 0 aliphatic heterocycles. The molecule has 0 saturated heterocycles. The van der Waals surface area contributed by atoms with Crippen molar-refractivity contribution in [2.75, 3.05) is 0 Å². The molecule has 0 radical (unpaired) electrons. The Kier molecular flexibility index (Phi) is 11.3. The van der Waals surface area contributed by atoms with Crippen LogP contribution < -0.4 is 29.6 Å². The molecule has 1 N–H and O–H groups in total. The number of carbonyl (C=O) groups excluding carboxylic acids is 2. The van der Waals surface area contributed by atoms with Crippen LogP contribution in [0.1, 0.15) is 52.1 Å². The quantitative estimate of drug-likeness (QED) is 0.492. The van der Waals surface area contributed by atoms with Crippen LogP contribution in [0.25, 0.3) is 0 Å². The molecule has 0 spiro atoms. The van der Waals surface area contributed by atoms with Gasteiger partial charge in [0, 0.05) is 5.33 Å². The number of aliphatic hydroxyl groups is 1. The molecule has 0 atom stereocenters. The van der Waals surface area contributed by atoms with Crippen LogP contribution in [0.2, 0.25) is 0 Å². The third-order valence-corrected chi connectivity index (χ3v) is 6.67. The monoisotopic (exact) mass is 496 g/mol. The zero-order valence-electron chi connectivity index (χ0n) is 17.6. The maximum absolute atomic E-state index is 11.2. The first-order valence-electron chi connectivity index (χ1n) is 8.78. The van der Waals surface area contributed by atoms with Gasteiger partial charge in [0.2, 0.25) is 0 Å². The number of carbonyl (C=O) groups is 2. The summed E-state index contributed by atoms with van der Waals surface area (Å²) >= 11 is 6.73. The average molecular weight is 497 g/mol. The number of ether oxygens (including phenoxy) is 1. The van der Waals surface area contributed by atoms with Crippen molar-refractivity contribution in [2.45, 2.75) is 62.7 Å². The summed E-state index contributed by atoms with van der Waals surface area (Å²) in [7, 11) is 0. The van der Waals surface area contributed by atoms with Crippen LogP contribution in [-0.2, 0) is 26.3 Å². The van der Waals surface area contributed by atoms with Crippen molar-refractivity contribution >= 4 is 50.2 Å². The van der Waals surface area contributed by atoms with Crippen molar-refractivity contribution in [3.8, 4) is 0 Å². The van der Waals surface area contributed by atoms with Crippen molar-refractivity contribution in [2.24, 2.45) is 0 Å². The summed E-state index contributed by atoms with van der Waals surface area (Å²) in [5.41, 5.74) is 1.23. The number of hydrogen-bond donors (Lipinski definition) is 1. The van der Waals surface area contributed by atoms with E-state index in [0.717, 1.165) is 23.7 Å². The van der Waals surface area contributed by atoms with Gasteiger partial charge in [-0.2, -0.15) is 22.7 Å². The van der Waals surface area contributed by atoms with Crippen LogP contribution >= 0.6 is 38.6 Å². The minimum atomic E-state index is -0.889. The number of rotatable bonds is 6. The second kappa shape index (κ2) is 12.1. The van der Waals surface area contributed by atoms with E-state index in [1.807, 2.05) is 11.4 Å². The molecule has 2 aromatic heterocycles. The second-order valence-electron chi connectivity index (χ2n) is 6.82. The van der Waals surface area contributed by atoms with E-state index in [1.54, 1.807) is 29.6 Å². The molecule has 2 saturated carbocycles. The Balaban J connectivity index is 0.000000423. The summed E-state index contributed by atoms with van der Waals surface area (Å²) in [6, 6.07) is 4.14. The molecule has 2 aromatic rings. The van der Waals surface area contributed by atoms with Crippen molar-refractivity contribution in [1.29, 1.82) is 0 Å². The molecule has 2 aliphatic carbocycles. The summed E-state index contributed by atoms with van der Waals surface area (Å²) in [5, 5.41) is 18.1. The van der Waals surface area contributed by atoms with Gasteiger partial charge in [-0.05, 0) is 84.3 Å². The summed E-state index contributed by atoms with van der Waals surface area (Å²) in [6.07, 6.45) is 3.13. The predicted molar refractivity (Wildman–Crippen MR) is 115 cm³/mol. The molecule has 150 valence electrons. The Hall–Kier alpha value is 0.140.